The van der Waals surface area contributed by atoms with E-state index in [4.69, 9.17) is 9.84 Å². The molecule has 1 unspecified atom stereocenters. The molecular weight excluding hydrogens is 172 g/mol. The Morgan fingerprint density at radius 3 is 2.31 bits per heavy atom. The summed E-state index contributed by atoms with van der Waals surface area (Å²) < 4.78 is 4.75. The number of esters is 1. The molecule has 0 fully saturated rings. The zero-order valence-electron chi connectivity index (χ0n) is 8.08. The molecule has 0 rings (SSSR count). The molecule has 0 radical (unpaired) electrons. The second-order valence-electron chi connectivity index (χ2n) is 2.85. The fourth-order valence-electron chi connectivity index (χ4n) is 0.934. The molecule has 0 aliphatic carbocycles. The monoisotopic (exact) mass is 188 g/mol. The van der Waals surface area contributed by atoms with E-state index >= 15 is 0 Å². The summed E-state index contributed by atoms with van der Waals surface area (Å²) in [4.78, 5) is 21.7. The average Bonchev–Trinajstić information content (AvgIpc) is 2.09. The summed E-state index contributed by atoms with van der Waals surface area (Å²) >= 11 is 0. The maximum atomic E-state index is 11.1. The van der Waals surface area contributed by atoms with Crippen molar-refractivity contribution in [3.05, 3.63) is 0 Å². The van der Waals surface area contributed by atoms with Gasteiger partial charge < -0.3 is 9.84 Å². The average molecular weight is 188 g/mol. The summed E-state index contributed by atoms with van der Waals surface area (Å²) in [6.45, 7) is 4.00. The van der Waals surface area contributed by atoms with Crippen LogP contribution >= 0.6 is 0 Å². The number of carbonyl (C=O) groups is 2. The van der Waals surface area contributed by atoms with Crippen molar-refractivity contribution in [2.45, 2.75) is 33.1 Å². The van der Waals surface area contributed by atoms with Crippen molar-refractivity contribution in [2.75, 3.05) is 6.61 Å². The predicted molar refractivity (Wildman–Crippen MR) is 47.3 cm³/mol. The summed E-state index contributed by atoms with van der Waals surface area (Å²) in [5.41, 5.74) is 0. The number of hydrogen-bond donors (Lipinski definition) is 1. The first-order valence-corrected chi connectivity index (χ1v) is 4.52. The summed E-state index contributed by atoms with van der Waals surface area (Å²) in [6.07, 6.45) is 1.72. The molecule has 0 bridgehead atoms. The minimum absolute atomic E-state index is 0.298. The maximum Gasteiger partial charge on any atom is 0.320 e. The highest BCUT2D eigenvalue weighted by molar-refractivity contribution is 5.93. The van der Waals surface area contributed by atoms with Crippen LogP contribution in [0.3, 0.4) is 0 Å². The van der Waals surface area contributed by atoms with Gasteiger partial charge in [-0.15, -0.1) is 0 Å². The fourth-order valence-corrected chi connectivity index (χ4v) is 0.934. The van der Waals surface area contributed by atoms with Crippen LogP contribution in [0.5, 0.6) is 0 Å². The van der Waals surface area contributed by atoms with Crippen LogP contribution in [0.4, 0.5) is 0 Å². The Labute approximate surface area is 77.9 Å². The Bertz CT molecular complexity index is 176. The van der Waals surface area contributed by atoms with Gasteiger partial charge in [0.2, 0.25) is 0 Å². The largest absolute Gasteiger partial charge is 0.481 e. The lowest BCUT2D eigenvalue weighted by atomic mass is 10.0. The molecule has 1 atom stereocenters. The Kier molecular flexibility index (Phi) is 5.93. The molecular formula is C9H16O4. The molecule has 4 heteroatoms. The summed E-state index contributed by atoms with van der Waals surface area (Å²) in [6, 6.07) is 0. The Balaban J connectivity index is 4.03. The zero-order valence-corrected chi connectivity index (χ0v) is 8.08. The van der Waals surface area contributed by atoms with E-state index in [1.807, 2.05) is 13.8 Å². The number of hydrogen-bond acceptors (Lipinski definition) is 3. The molecule has 0 saturated heterocycles. The zero-order chi connectivity index (χ0) is 10.3. The van der Waals surface area contributed by atoms with Gasteiger partial charge in [-0.25, -0.2) is 0 Å². The van der Waals surface area contributed by atoms with E-state index in [0.29, 0.717) is 25.9 Å². The van der Waals surface area contributed by atoms with E-state index in [1.54, 1.807) is 0 Å². The van der Waals surface area contributed by atoms with Gasteiger partial charge in [0.25, 0.3) is 0 Å². The number of aliphatic carboxylic acids is 1. The Morgan fingerprint density at radius 2 is 1.92 bits per heavy atom. The maximum absolute atomic E-state index is 11.1. The summed E-state index contributed by atoms with van der Waals surface area (Å²) in [7, 11) is 0. The molecule has 0 saturated carbocycles. The second-order valence-corrected chi connectivity index (χ2v) is 2.85. The molecule has 0 heterocycles. The Hall–Kier alpha value is -1.06. The van der Waals surface area contributed by atoms with Gasteiger partial charge in [0.15, 0.2) is 5.92 Å². The quantitative estimate of drug-likeness (QED) is 0.506. The van der Waals surface area contributed by atoms with Crippen molar-refractivity contribution in [1.29, 1.82) is 0 Å². The van der Waals surface area contributed by atoms with Gasteiger partial charge in [-0.3, -0.25) is 9.59 Å². The fraction of sp³-hybridized carbons (Fsp3) is 0.778. The molecule has 0 aromatic carbocycles. The smallest absolute Gasteiger partial charge is 0.320 e. The first-order chi connectivity index (χ1) is 6.13. The first-order valence-electron chi connectivity index (χ1n) is 4.52. The van der Waals surface area contributed by atoms with Gasteiger partial charge >= 0.3 is 11.9 Å². The van der Waals surface area contributed by atoms with E-state index in [0.717, 1.165) is 0 Å². The SMILES string of the molecule is CCCOC(=O)C(CCC)C(=O)O. The molecule has 76 valence electrons. The normalized spacial score (nSPS) is 12.2. The topological polar surface area (TPSA) is 63.6 Å². The summed E-state index contributed by atoms with van der Waals surface area (Å²) in [5.74, 6) is -2.70. The van der Waals surface area contributed by atoms with Crippen LogP contribution in [0, 0.1) is 5.92 Å². The molecule has 0 aromatic heterocycles. The van der Waals surface area contributed by atoms with Gasteiger partial charge in [-0.2, -0.15) is 0 Å². The lowest BCUT2D eigenvalue weighted by molar-refractivity contribution is -0.159. The van der Waals surface area contributed by atoms with Crippen LogP contribution in [-0.2, 0) is 14.3 Å². The van der Waals surface area contributed by atoms with Crippen LogP contribution in [0.1, 0.15) is 33.1 Å². The van der Waals surface area contributed by atoms with Crippen LogP contribution in [0.2, 0.25) is 0 Å². The molecule has 0 amide bonds. The van der Waals surface area contributed by atoms with Crippen molar-refractivity contribution in [2.24, 2.45) is 5.92 Å². The number of rotatable bonds is 6. The van der Waals surface area contributed by atoms with Gasteiger partial charge in [0, 0.05) is 0 Å². The van der Waals surface area contributed by atoms with E-state index in [-0.39, 0.29) is 0 Å². The minimum Gasteiger partial charge on any atom is -0.481 e. The van der Waals surface area contributed by atoms with Crippen LogP contribution in [-0.4, -0.2) is 23.7 Å². The predicted octanol–water partition coefficient (Wildman–Crippen LogP) is 1.44. The van der Waals surface area contributed by atoms with Crippen molar-refractivity contribution in [3.63, 3.8) is 0 Å². The highest BCUT2D eigenvalue weighted by Gasteiger charge is 2.26. The van der Waals surface area contributed by atoms with Crippen LogP contribution < -0.4 is 0 Å². The van der Waals surface area contributed by atoms with Crippen molar-refractivity contribution in [3.8, 4) is 0 Å². The van der Waals surface area contributed by atoms with Crippen molar-refractivity contribution >= 4 is 11.9 Å². The molecule has 1 N–H and O–H groups in total. The Morgan fingerprint density at radius 1 is 1.31 bits per heavy atom. The van der Waals surface area contributed by atoms with Gasteiger partial charge in [-0.1, -0.05) is 20.3 Å². The summed E-state index contributed by atoms with van der Waals surface area (Å²) in [5, 5.41) is 8.67. The third-order valence-corrected chi connectivity index (χ3v) is 1.61. The number of carbonyl (C=O) groups excluding carboxylic acids is 1. The molecule has 13 heavy (non-hydrogen) atoms. The second kappa shape index (κ2) is 6.46. The lowest BCUT2D eigenvalue weighted by Gasteiger charge is -2.09. The van der Waals surface area contributed by atoms with E-state index < -0.39 is 17.9 Å². The van der Waals surface area contributed by atoms with Crippen LogP contribution in [0.25, 0.3) is 0 Å². The molecule has 0 aliphatic rings. The van der Waals surface area contributed by atoms with Crippen molar-refractivity contribution in [1.82, 2.24) is 0 Å². The molecule has 0 spiro atoms. The standard InChI is InChI=1S/C9H16O4/c1-3-5-7(8(10)11)9(12)13-6-4-2/h7H,3-6H2,1-2H3,(H,10,11). The molecule has 0 aromatic rings. The molecule has 4 nitrogen and oxygen atoms in total. The lowest BCUT2D eigenvalue weighted by Crippen LogP contribution is -2.25. The van der Waals surface area contributed by atoms with Gasteiger partial charge in [0.1, 0.15) is 0 Å². The van der Waals surface area contributed by atoms with Gasteiger partial charge in [0.05, 0.1) is 6.61 Å². The number of ether oxygens (including phenoxy) is 1. The van der Waals surface area contributed by atoms with Crippen LogP contribution in [0.15, 0.2) is 0 Å². The highest BCUT2D eigenvalue weighted by atomic mass is 16.5. The van der Waals surface area contributed by atoms with E-state index in [2.05, 4.69) is 0 Å². The first kappa shape index (κ1) is 11.9. The van der Waals surface area contributed by atoms with Gasteiger partial charge in [-0.05, 0) is 12.8 Å². The minimum atomic E-state index is -1.09. The van der Waals surface area contributed by atoms with Crippen molar-refractivity contribution < 1.29 is 19.4 Å². The third-order valence-electron chi connectivity index (χ3n) is 1.61. The van der Waals surface area contributed by atoms with E-state index in [9.17, 15) is 9.59 Å². The third kappa shape index (κ3) is 4.50. The van der Waals surface area contributed by atoms with E-state index in [1.165, 1.54) is 0 Å². The number of carboxylic acids is 1. The highest BCUT2D eigenvalue weighted by Crippen LogP contribution is 2.08. The number of carboxylic acid groups (broad SMARTS) is 1. The molecule has 0 aliphatic heterocycles.